The summed E-state index contributed by atoms with van der Waals surface area (Å²) >= 11 is 0. The van der Waals surface area contributed by atoms with E-state index in [1.807, 2.05) is 11.9 Å². The van der Waals surface area contributed by atoms with Crippen LogP contribution in [0.5, 0.6) is 5.75 Å². The quantitative estimate of drug-likeness (QED) is 0.624. The molecule has 0 radical (unpaired) electrons. The molecular formula is C25H30F2N4O4. The summed E-state index contributed by atoms with van der Waals surface area (Å²) in [5.41, 5.74) is -1.44. The molecule has 1 aromatic heterocycles. The van der Waals surface area contributed by atoms with Crippen LogP contribution >= 0.6 is 0 Å². The first-order valence-corrected chi connectivity index (χ1v) is 12.1. The van der Waals surface area contributed by atoms with Crippen molar-refractivity contribution < 1.29 is 23.5 Å². The van der Waals surface area contributed by atoms with Gasteiger partial charge in [0.15, 0.2) is 11.4 Å². The number of nitrogens with zero attached hydrogens (tertiary/aromatic N) is 3. The Morgan fingerprint density at radius 2 is 1.97 bits per heavy atom. The van der Waals surface area contributed by atoms with Crippen LogP contribution in [0.4, 0.5) is 8.78 Å². The summed E-state index contributed by atoms with van der Waals surface area (Å²) in [5.74, 6) is -3.63. The normalized spacial score (nSPS) is 19.4. The van der Waals surface area contributed by atoms with E-state index in [0.717, 1.165) is 44.6 Å². The largest absolute Gasteiger partial charge is 0.502 e. The van der Waals surface area contributed by atoms with Crippen molar-refractivity contribution >= 4 is 11.8 Å². The summed E-state index contributed by atoms with van der Waals surface area (Å²) in [7, 11) is 0. The Bertz CT molecular complexity index is 1200. The fraction of sp³-hybridized carbons (Fsp3) is 0.480. The summed E-state index contributed by atoms with van der Waals surface area (Å²) < 4.78 is 28.6. The van der Waals surface area contributed by atoms with Crippen LogP contribution in [0.1, 0.15) is 78.8 Å². The van der Waals surface area contributed by atoms with Gasteiger partial charge >= 0.3 is 0 Å². The Balaban J connectivity index is 1.73. The third-order valence-corrected chi connectivity index (χ3v) is 6.85. The maximum absolute atomic E-state index is 14.0. The number of pyridine rings is 1. The zero-order valence-corrected chi connectivity index (χ0v) is 19.9. The summed E-state index contributed by atoms with van der Waals surface area (Å²) in [6.45, 7) is 4.09. The van der Waals surface area contributed by atoms with Crippen LogP contribution in [-0.2, 0) is 6.54 Å². The molecule has 2 aromatic rings. The van der Waals surface area contributed by atoms with Crippen molar-refractivity contribution in [3.8, 4) is 5.75 Å². The number of hydrogen-bond acceptors (Lipinski definition) is 5. The van der Waals surface area contributed by atoms with Gasteiger partial charge in [-0.25, -0.2) is 8.78 Å². The fourth-order valence-corrected chi connectivity index (χ4v) is 5.07. The molecule has 1 saturated heterocycles. The second-order valence-electron chi connectivity index (χ2n) is 9.01. The highest BCUT2D eigenvalue weighted by atomic mass is 19.1. The van der Waals surface area contributed by atoms with Crippen molar-refractivity contribution in [1.82, 2.24) is 14.9 Å². The van der Waals surface area contributed by atoms with Crippen molar-refractivity contribution in [2.75, 3.05) is 11.6 Å². The maximum Gasteiger partial charge on any atom is 0.278 e. The zero-order chi connectivity index (χ0) is 25.3. The molecule has 2 aliphatic rings. The lowest BCUT2D eigenvalue weighted by molar-refractivity contribution is 0.0486. The monoisotopic (exact) mass is 488 g/mol. The average molecular weight is 489 g/mol. The number of hydrogen-bond donors (Lipinski definition) is 2. The SMILES string of the molecule is CCCC[C@H]1CCC[C@H]2N(CC)C(=O)c3c(O)c(=O)c(C(=O)NCc4ccc(F)cc4F)cn3N12. The number of carbonyl (C=O) groups excluding carboxylic acids is 2. The molecule has 4 rings (SSSR count). The molecule has 2 atom stereocenters. The number of fused-ring (bicyclic) bond motifs is 3. The minimum atomic E-state index is -0.974. The second kappa shape index (κ2) is 10.1. The van der Waals surface area contributed by atoms with E-state index in [1.165, 1.54) is 16.9 Å². The summed E-state index contributed by atoms with van der Waals surface area (Å²) in [4.78, 5) is 40.8. The standard InChI is InChI=1S/C25H30F2N4O4/c1-3-5-7-17-8-6-9-20-29(4-2)25(35)21-23(33)22(32)18(14-30(21)31(17)20)24(34)28-13-15-10-11-16(26)12-19(15)27/h10-12,14,17,20,33H,3-9,13H2,1-2H3,(H,28,34)/t17-,20-/m0/s1. The molecule has 1 fully saturated rings. The van der Waals surface area contributed by atoms with E-state index in [9.17, 15) is 28.3 Å². The molecule has 2 amide bonds. The molecule has 2 N–H and O–H groups in total. The molecule has 1 aromatic carbocycles. The van der Waals surface area contributed by atoms with Gasteiger partial charge in [0, 0.05) is 37.0 Å². The van der Waals surface area contributed by atoms with Gasteiger partial charge in [-0.05, 0) is 38.7 Å². The van der Waals surface area contributed by atoms with Crippen molar-refractivity contribution in [3.63, 3.8) is 0 Å². The van der Waals surface area contributed by atoms with E-state index in [1.54, 1.807) is 4.90 Å². The third kappa shape index (κ3) is 4.49. The van der Waals surface area contributed by atoms with E-state index < -0.39 is 34.6 Å². The lowest BCUT2D eigenvalue weighted by Crippen LogP contribution is -2.66. The Hall–Kier alpha value is -3.43. The van der Waals surface area contributed by atoms with E-state index in [4.69, 9.17) is 0 Å². The predicted molar refractivity (Wildman–Crippen MR) is 126 cm³/mol. The molecule has 3 heterocycles. The smallest absolute Gasteiger partial charge is 0.278 e. The number of nitrogens with one attached hydrogen (secondary N) is 1. The summed E-state index contributed by atoms with van der Waals surface area (Å²) in [5, 5.41) is 15.2. The highest BCUT2D eigenvalue weighted by Gasteiger charge is 2.44. The number of aromatic nitrogens is 1. The lowest BCUT2D eigenvalue weighted by atomic mass is 9.95. The van der Waals surface area contributed by atoms with Gasteiger partial charge < -0.3 is 15.3 Å². The number of unbranched alkanes of at least 4 members (excludes halogenated alkanes) is 1. The number of aromatic hydroxyl groups is 1. The Morgan fingerprint density at radius 3 is 2.66 bits per heavy atom. The highest BCUT2D eigenvalue weighted by Crippen LogP contribution is 2.34. The number of halogens is 2. The van der Waals surface area contributed by atoms with Gasteiger partial charge in [-0.2, -0.15) is 0 Å². The highest BCUT2D eigenvalue weighted by molar-refractivity contribution is 5.99. The molecule has 0 aliphatic carbocycles. The van der Waals surface area contributed by atoms with Crippen molar-refractivity contribution in [2.24, 2.45) is 0 Å². The molecule has 10 heteroatoms. The number of piperidine rings is 1. The van der Waals surface area contributed by atoms with E-state index >= 15 is 0 Å². The average Bonchev–Trinajstić information content (AvgIpc) is 2.83. The molecule has 35 heavy (non-hydrogen) atoms. The molecule has 0 bridgehead atoms. The molecule has 0 spiro atoms. The number of rotatable bonds is 7. The van der Waals surface area contributed by atoms with E-state index in [0.29, 0.717) is 12.6 Å². The van der Waals surface area contributed by atoms with Gasteiger partial charge in [-0.15, -0.1) is 0 Å². The molecule has 188 valence electrons. The summed E-state index contributed by atoms with van der Waals surface area (Å²) in [6.07, 6.45) is 6.47. The van der Waals surface area contributed by atoms with Gasteiger partial charge in [-0.1, -0.05) is 25.8 Å². The second-order valence-corrected chi connectivity index (χ2v) is 9.01. The van der Waals surface area contributed by atoms with Crippen molar-refractivity contribution in [2.45, 2.75) is 71.1 Å². The number of amides is 2. The van der Waals surface area contributed by atoms with Crippen LogP contribution in [0.25, 0.3) is 0 Å². The number of carbonyl (C=O) groups is 2. The Kier molecular flexibility index (Phi) is 7.09. The Labute approximate surface area is 202 Å². The van der Waals surface area contributed by atoms with Crippen LogP contribution < -0.4 is 15.8 Å². The molecular weight excluding hydrogens is 458 g/mol. The number of benzene rings is 1. The van der Waals surface area contributed by atoms with Crippen LogP contribution in [0, 0.1) is 11.6 Å². The third-order valence-electron chi connectivity index (χ3n) is 6.85. The van der Waals surface area contributed by atoms with Crippen LogP contribution in [-0.4, -0.2) is 45.2 Å². The first-order chi connectivity index (χ1) is 16.8. The maximum atomic E-state index is 14.0. The molecule has 0 unspecified atom stereocenters. The lowest BCUT2D eigenvalue weighted by Gasteiger charge is -2.52. The van der Waals surface area contributed by atoms with Crippen LogP contribution in [0.3, 0.4) is 0 Å². The predicted octanol–water partition coefficient (Wildman–Crippen LogP) is 3.24. The Morgan fingerprint density at radius 1 is 1.20 bits per heavy atom. The van der Waals surface area contributed by atoms with E-state index in [-0.39, 0.29) is 35.6 Å². The van der Waals surface area contributed by atoms with Crippen molar-refractivity contribution in [3.05, 3.63) is 63.1 Å². The zero-order valence-electron chi connectivity index (χ0n) is 19.9. The minimum Gasteiger partial charge on any atom is -0.502 e. The van der Waals surface area contributed by atoms with Gasteiger partial charge in [0.25, 0.3) is 11.8 Å². The van der Waals surface area contributed by atoms with Gasteiger partial charge in [0.2, 0.25) is 5.43 Å². The van der Waals surface area contributed by atoms with Crippen molar-refractivity contribution in [1.29, 1.82) is 0 Å². The fourth-order valence-electron chi connectivity index (χ4n) is 5.07. The molecule has 2 aliphatic heterocycles. The van der Waals surface area contributed by atoms with Gasteiger partial charge in [0.1, 0.15) is 23.4 Å². The first kappa shape index (κ1) is 24.7. The molecule has 8 nitrogen and oxygen atoms in total. The first-order valence-electron chi connectivity index (χ1n) is 12.1. The van der Waals surface area contributed by atoms with E-state index in [2.05, 4.69) is 12.2 Å². The molecule has 0 saturated carbocycles. The summed E-state index contributed by atoms with van der Waals surface area (Å²) in [6, 6.07) is 3.05. The van der Waals surface area contributed by atoms with Gasteiger partial charge in [0.05, 0.1) is 0 Å². The van der Waals surface area contributed by atoms with Crippen LogP contribution in [0.15, 0.2) is 29.2 Å². The van der Waals surface area contributed by atoms with Crippen LogP contribution in [0.2, 0.25) is 0 Å². The topological polar surface area (TPSA) is 94.9 Å². The van der Waals surface area contributed by atoms with Gasteiger partial charge in [-0.3, -0.25) is 24.1 Å². The minimum absolute atomic E-state index is 0.0477.